The van der Waals surface area contributed by atoms with E-state index in [9.17, 15) is 18.0 Å². The van der Waals surface area contributed by atoms with Crippen molar-refractivity contribution in [3.8, 4) is 0 Å². The van der Waals surface area contributed by atoms with E-state index < -0.39 is 12.1 Å². The van der Waals surface area contributed by atoms with Gasteiger partial charge in [-0.1, -0.05) is 13.8 Å². The smallest absolute Gasteiger partial charge is 0.475 e. The number of alkyl halides is 3. The summed E-state index contributed by atoms with van der Waals surface area (Å²) in [5, 5.41) is 11.5. The Hall–Kier alpha value is -2.14. The van der Waals surface area contributed by atoms with Crippen LogP contribution in [0.4, 0.5) is 13.2 Å². The van der Waals surface area contributed by atoms with E-state index in [0.717, 1.165) is 65.2 Å². The monoisotopic (exact) mass is 488 g/mol. The molecule has 3 fully saturated rings. The second-order valence-electron chi connectivity index (χ2n) is 10.4. The molecule has 0 radical (unpaired) electrons. The van der Waals surface area contributed by atoms with Gasteiger partial charge in [0, 0.05) is 65.1 Å². The average Bonchev–Trinajstić information content (AvgIpc) is 3.46. The summed E-state index contributed by atoms with van der Waals surface area (Å²) in [6, 6.07) is 0. The molecule has 192 valence electrons. The number of nitrogens with zero attached hydrogens (tertiary/aromatic N) is 4. The molecule has 11 heteroatoms. The quantitative estimate of drug-likeness (QED) is 0.701. The second-order valence-corrected chi connectivity index (χ2v) is 10.4. The van der Waals surface area contributed by atoms with Gasteiger partial charge in [-0.15, -0.1) is 0 Å². The number of amides is 1. The fourth-order valence-corrected chi connectivity index (χ4v) is 5.08. The Morgan fingerprint density at radius 1 is 1.24 bits per heavy atom. The van der Waals surface area contributed by atoms with Gasteiger partial charge in [0.15, 0.2) is 0 Å². The zero-order valence-electron chi connectivity index (χ0n) is 20.1. The van der Waals surface area contributed by atoms with Crippen molar-refractivity contribution in [2.75, 3.05) is 45.9 Å². The number of halogens is 3. The lowest BCUT2D eigenvalue weighted by Crippen LogP contribution is -2.38. The maximum Gasteiger partial charge on any atom is 0.490 e. The summed E-state index contributed by atoms with van der Waals surface area (Å²) in [7, 11) is 1.96. The van der Waals surface area contributed by atoms with Crippen molar-refractivity contribution in [1.82, 2.24) is 19.6 Å². The minimum Gasteiger partial charge on any atom is -0.475 e. The summed E-state index contributed by atoms with van der Waals surface area (Å²) in [5.41, 5.74) is 1.46. The van der Waals surface area contributed by atoms with Crippen LogP contribution in [0.25, 0.3) is 0 Å². The first kappa shape index (κ1) is 26.5. The average molecular weight is 489 g/mol. The van der Waals surface area contributed by atoms with E-state index in [1.54, 1.807) is 0 Å². The van der Waals surface area contributed by atoms with Gasteiger partial charge in [0.05, 0.1) is 12.1 Å². The molecule has 34 heavy (non-hydrogen) atoms. The molecule has 1 aromatic rings. The molecule has 0 aromatic carbocycles. The van der Waals surface area contributed by atoms with Crippen LogP contribution in [0, 0.1) is 17.3 Å². The molecule has 2 atom stereocenters. The molecule has 4 rings (SSSR count). The Bertz CT molecular complexity index is 852. The van der Waals surface area contributed by atoms with E-state index in [-0.39, 0.29) is 17.3 Å². The van der Waals surface area contributed by atoms with Gasteiger partial charge < -0.3 is 19.6 Å². The number of hydrogen-bond acceptors (Lipinski definition) is 5. The number of carbonyl (C=O) groups excluding carboxylic acids is 1. The summed E-state index contributed by atoms with van der Waals surface area (Å²) < 4.78 is 39.1. The zero-order valence-corrected chi connectivity index (χ0v) is 20.1. The van der Waals surface area contributed by atoms with Crippen molar-refractivity contribution < 1.29 is 32.6 Å². The van der Waals surface area contributed by atoms with Crippen LogP contribution in [-0.4, -0.2) is 88.7 Å². The number of carboxylic acids is 1. The van der Waals surface area contributed by atoms with Crippen molar-refractivity contribution in [1.29, 1.82) is 0 Å². The van der Waals surface area contributed by atoms with E-state index in [0.29, 0.717) is 11.8 Å². The molecule has 0 aliphatic carbocycles. The predicted molar refractivity (Wildman–Crippen MR) is 118 cm³/mol. The first-order valence-electron chi connectivity index (χ1n) is 11.7. The maximum atomic E-state index is 13.4. The standard InChI is InChI=1S/C21H34N4O2.C2HF3O2/c1-21(2)6-7-25(15-21)20(26)19-14-24(11-16-4-8-27-9-5-16)13-18(19)17-10-22-23(3)12-17;3-2(4,5)1(6)7/h10,12,16,18-19H,4-9,11,13-15H2,1-3H3;(H,6,7)/t18-,19+;/m0./s1. The van der Waals surface area contributed by atoms with Gasteiger partial charge >= 0.3 is 12.1 Å². The van der Waals surface area contributed by atoms with Crippen LogP contribution in [0.15, 0.2) is 12.4 Å². The van der Waals surface area contributed by atoms with E-state index >= 15 is 0 Å². The molecule has 3 aliphatic rings. The number of aliphatic carboxylic acids is 1. The highest BCUT2D eigenvalue weighted by Crippen LogP contribution is 2.37. The van der Waals surface area contributed by atoms with Gasteiger partial charge in [-0.05, 0) is 36.2 Å². The van der Waals surface area contributed by atoms with Gasteiger partial charge in [-0.25, -0.2) is 4.79 Å². The molecule has 4 heterocycles. The lowest BCUT2D eigenvalue weighted by Gasteiger charge is -2.27. The van der Waals surface area contributed by atoms with Crippen molar-refractivity contribution in [3.63, 3.8) is 0 Å². The fraction of sp³-hybridized carbons (Fsp3) is 0.783. The highest BCUT2D eigenvalue weighted by Gasteiger charge is 2.43. The number of rotatable bonds is 4. The summed E-state index contributed by atoms with van der Waals surface area (Å²) in [6.07, 6.45) is 2.36. The number of ether oxygens (including phenoxy) is 1. The minimum absolute atomic E-state index is 0.0583. The Balaban J connectivity index is 0.000000406. The number of carbonyl (C=O) groups is 2. The first-order valence-corrected chi connectivity index (χ1v) is 11.7. The zero-order chi connectivity index (χ0) is 25.1. The van der Waals surface area contributed by atoms with Gasteiger partial charge in [0.2, 0.25) is 5.91 Å². The lowest BCUT2D eigenvalue weighted by molar-refractivity contribution is -0.192. The molecular weight excluding hydrogens is 453 g/mol. The van der Waals surface area contributed by atoms with Gasteiger partial charge in [-0.3, -0.25) is 9.48 Å². The molecular formula is C23H35F3N4O4. The third kappa shape index (κ3) is 6.94. The largest absolute Gasteiger partial charge is 0.490 e. The summed E-state index contributed by atoms with van der Waals surface area (Å²) >= 11 is 0. The Labute approximate surface area is 198 Å². The Morgan fingerprint density at radius 3 is 2.38 bits per heavy atom. The highest BCUT2D eigenvalue weighted by molar-refractivity contribution is 5.81. The van der Waals surface area contributed by atoms with E-state index in [1.165, 1.54) is 5.56 Å². The third-order valence-corrected chi connectivity index (χ3v) is 6.95. The highest BCUT2D eigenvalue weighted by atomic mass is 19.4. The van der Waals surface area contributed by atoms with Crippen molar-refractivity contribution in [2.24, 2.45) is 24.3 Å². The van der Waals surface area contributed by atoms with E-state index in [2.05, 4.69) is 34.9 Å². The number of aryl methyl sites for hydroxylation is 1. The van der Waals surface area contributed by atoms with Crippen LogP contribution in [0.2, 0.25) is 0 Å². The van der Waals surface area contributed by atoms with E-state index in [4.69, 9.17) is 14.6 Å². The Kier molecular flexibility index (Phi) is 8.28. The summed E-state index contributed by atoms with van der Waals surface area (Å²) in [6.45, 7) is 11.0. The van der Waals surface area contributed by atoms with Crippen LogP contribution < -0.4 is 0 Å². The molecule has 3 aliphatic heterocycles. The normalized spacial score (nSPS) is 25.8. The molecule has 0 unspecified atom stereocenters. The van der Waals surface area contributed by atoms with Crippen molar-refractivity contribution >= 4 is 11.9 Å². The first-order chi connectivity index (χ1) is 15.9. The predicted octanol–water partition coefficient (Wildman–Crippen LogP) is 2.75. The molecule has 0 bridgehead atoms. The number of hydrogen-bond donors (Lipinski definition) is 1. The second kappa shape index (κ2) is 10.6. The van der Waals surface area contributed by atoms with Crippen LogP contribution in [-0.2, 0) is 21.4 Å². The number of likely N-dealkylation sites (tertiary alicyclic amines) is 2. The van der Waals surface area contributed by atoms with E-state index in [1.807, 2.05) is 17.9 Å². The van der Waals surface area contributed by atoms with Crippen molar-refractivity contribution in [2.45, 2.75) is 45.2 Å². The molecule has 8 nitrogen and oxygen atoms in total. The molecule has 1 N–H and O–H groups in total. The fourth-order valence-electron chi connectivity index (χ4n) is 5.08. The maximum absolute atomic E-state index is 13.4. The van der Waals surface area contributed by atoms with Gasteiger partial charge in [0.1, 0.15) is 0 Å². The summed E-state index contributed by atoms with van der Waals surface area (Å²) in [4.78, 5) is 27.0. The topological polar surface area (TPSA) is 87.9 Å². The number of aromatic nitrogens is 2. The van der Waals surface area contributed by atoms with Crippen LogP contribution >= 0.6 is 0 Å². The molecule has 0 spiro atoms. The van der Waals surface area contributed by atoms with Gasteiger partial charge in [0.25, 0.3) is 0 Å². The molecule has 1 aromatic heterocycles. The Morgan fingerprint density at radius 2 is 1.88 bits per heavy atom. The summed E-state index contributed by atoms with van der Waals surface area (Å²) in [5.74, 6) is -1.39. The van der Waals surface area contributed by atoms with Gasteiger partial charge in [-0.2, -0.15) is 18.3 Å². The van der Waals surface area contributed by atoms with Crippen molar-refractivity contribution in [3.05, 3.63) is 18.0 Å². The molecule has 0 saturated carbocycles. The van der Waals surface area contributed by atoms with Crippen LogP contribution in [0.1, 0.15) is 44.6 Å². The SMILES string of the molecule is Cn1cc([C@@H]2CN(CC3CCOCC3)C[C@H]2C(=O)N2CCC(C)(C)C2)cn1.O=C(O)C(F)(F)F. The minimum atomic E-state index is -5.08. The van der Waals surface area contributed by atoms with Crippen LogP contribution in [0.5, 0.6) is 0 Å². The lowest BCUT2D eigenvalue weighted by atomic mass is 9.89. The van der Waals surface area contributed by atoms with Crippen LogP contribution in [0.3, 0.4) is 0 Å². The molecule has 1 amide bonds. The third-order valence-electron chi connectivity index (χ3n) is 6.95. The number of carboxylic acid groups (broad SMARTS) is 1. The molecule has 3 saturated heterocycles.